The van der Waals surface area contributed by atoms with Gasteiger partial charge >= 0.3 is 0 Å². The Kier molecular flexibility index (Phi) is 5.75. The number of nitrogens with one attached hydrogen (secondary N) is 1. The van der Waals surface area contributed by atoms with E-state index in [1.807, 2.05) is 0 Å². The topological polar surface area (TPSA) is 97.2 Å². The van der Waals surface area contributed by atoms with Crippen molar-refractivity contribution in [1.82, 2.24) is 19.7 Å². The highest BCUT2D eigenvalue weighted by atomic mass is 35.5. The molecule has 31 heavy (non-hydrogen) atoms. The number of rotatable bonds is 6. The number of aryl methyl sites for hydroxylation is 1. The molecule has 3 amide bonds. The number of hydrogen-bond acceptors (Lipinski definition) is 5. The number of pyridine rings is 1. The minimum atomic E-state index is -0.335. The molecule has 1 aliphatic rings. The molecule has 0 spiro atoms. The third-order valence-electron chi connectivity index (χ3n) is 4.75. The molecule has 10 heteroatoms. The van der Waals surface area contributed by atoms with Gasteiger partial charge in [0.15, 0.2) is 5.82 Å². The number of nitrogens with zero attached hydrogens (tertiary/aromatic N) is 4. The number of halogens is 2. The summed E-state index contributed by atoms with van der Waals surface area (Å²) in [5, 5.41) is 7.78. The van der Waals surface area contributed by atoms with E-state index in [4.69, 9.17) is 23.2 Å². The molecular formula is C21H17Cl2N5O3. The second-order valence-electron chi connectivity index (χ2n) is 7.00. The van der Waals surface area contributed by atoms with Crippen LogP contribution in [0.4, 0.5) is 5.82 Å². The average molecular weight is 458 g/mol. The Morgan fingerprint density at radius 1 is 1.10 bits per heavy atom. The molecule has 0 bridgehead atoms. The third kappa shape index (κ3) is 4.17. The second kappa shape index (κ2) is 8.49. The van der Waals surface area contributed by atoms with Crippen molar-refractivity contribution in [3.05, 3.63) is 69.5 Å². The Morgan fingerprint density at radius 3 is 2.42 bits per heavy atom. The summed E-state index contributed by atoms with van der Waals surface area (Å²) in [4.78, 5) is 42.6. The molecule has 3 heterocycles. The average Bonchev–Trinajstić information content (AvgIpc) is 3.20. The maximum Gasteiger partial charge on any atom is 0.261 e. The summed E-state index contributed by atoms with van der Waals surface area (Å²) in [6.45, 7) is 1.93. The molecule has 0 atom stereocenters. The van der Waals surface area contributed by atoms with E-state index in [0.29, 0.717) is 39.9 Å². The Labute approximate surface area is 187 Å². The van der Waals surface area contributed by atoms with Gasteiger partial charge in [0.25, 0.3) is 11.8 Å². The van der Waals surface area contributed by atoms with Gasteiger partial charge in [0.05, 0.1) is 26.9 Å². The molecule has 0 saturated carbocycles. The van der Waals surface area contributed by atoms with Crippen LogP contribution in [0.3, 0.4) is 0 Å². The molecule has 0 saturated heterocycles. The predicted molar refractivity (Wildman–Crippen MR) is 116 cm³/mol. The van der Waals surface area contributed by atoms with Crippen LogP contribution in [0.25, 0.3) is 5.82 Å². The van der Waals surface area contributed by atoms with Crippen LogP contribution in [0.2, 0.25) is 10.0 Å². The SMILES string of the molecule is Cc1cc(NC(=O)CCCN2C(=O)c3ccccc3C2=O)n(-c2ncc(Cl)cc2Cl)n1. The molecule has 0 aliphatic carbocycles. The highest BCUT2D eigenvalue weighted by Crippen LogP contribution is 2.25. The Morgan fingerprint density at radius 2 is 1.77 bits per heavy atom. The van der Waals surface area contributed by atoms with Gasteiger partial charge in [-0.05, 0) is 31.5 Å². The van der Waals surface area contributed by atoms with Crippen molar-refractivity contribution in [2.24, 2.45) is 0 Å². The monoisotopic (exact) mass is 457 g/mol. The highest BCUT2D eigenvalue weighted by molar-refractivity contribution is 6.35. The molecule has 3 aromatic rings. The van der Waals surface area contributed by atoms with Crippen molar-refractivity contribution in [1.29, 1.82) is 0 Å². The maximum absolute atomic E-state index is 12.5. The summed E-state index contributed by atoms with van der Waals surface area (Å²) in [7, 11) is 0. The molecule has 0 fully saturated rings. The smallest absolute Gasteiger partial charge is 0.261 e. The first kappa shape index (κ1) is 21.0. The lowest BCUT2D eigenvalue weighted by Gasteiger charge is -2.13. The van der Waals surface area contributed by atoms with Crippen LogP contribution >= 0.6 is 23.2 Å². The highest BCUT2D eigenvalue weighted by Gasteiger charge is 2.34. The van der Waals surface area contributed by atoms with Crippen LogP contribution in [-0.2, 0) is 4.79 Å². The van der Waals surface area contributed by atoms with Gasteiger partial charge in [-0.3, -0.25) is 19.3 Å². The van der Waals surface area contributed by atoms with Gasteiger partial charge in [-0.15, -0.1) is 0 Å². The number of hydrogen-bond donors (Lipinski definition) is 1. The van der Waals surface area contributed by atoms with Gasteiger partial charge in [0.1, 0.15) is 5.82 Å². The third-order valence-corrected chi connectivity index (χ3v) is 5.24. The fourth-order valence-corrected chi connectivity index (χ4v) is 3.82. The Balaban J connectivity index is 1.39. The zero-order valence-electron chi connectivity index (χ0n) is 16.4. The van der Waals surface area contributed by atoms with Crippen molar-refractivity contribution < 1.29 is 14.4 Å². The molecule has 1 N–H and O–H groups in total. The second-order valence-corrected chi connectivity index (χ2v) is 7.84. The first-order valence-electron chi connectivity index (χ1n) is 9.48. The molecule has 0 radical (unpaired) electrons. The van der Waals surface area contributed by atoms with Crippen molar-refractivity contribution in [2.75, 3.05) is 11.9 Å². The molecule has 8 nitrogen and oxygen atoms in total. The summed E-state index contributed by atoms with van der Waals surface area (Å²) in [6, 6.07) is 9.91. The van der Waals surface area contributed by atoms with E-state index in [2.05, 4.69) is 15.4 Å². The number of imide groups is 1. The van der Waals surface area contributed by atoms with Gasteiger partial charge in [-0.1, -0.05) is 35.3 Å². The zero-order chi connectivity index (χ0) is 22.1. The maximum atomic E-state index is 12.5. The molecule has 1 aromatic carbocycles. The number of fused-ring (bicyclic) bond motifs is 1. The van der Waals surface area contributed by atoms with Gasteiger partial charge < -0.3 is 5.32 Å². The van der Waals surface area contributed by atoms with Crippen LogP contribution in [0.5, 0.6) is 0 Å². The van der Waals surface area contributed by atoms with E-state index in [1.54, 1.807) is 37.3 Å². The van der Waals surface area contributed by atoms with Crippen LogP contribution in [0.15, 0.2) is 42.6 Å². The van der Waals surface area contributed by atoms with Gasteiger partial charge in [-0.25, -0.2) is 4.98 Å². The van der Waals surface area contributed by atoms with Gasteiger partial charge in [-0.2, -0.15) is 9.78 Å². The van der Waals surface area contributed by atoms with E-state index >= 15 is 0 Å². The van der Waals surface area contributed by atoms with E-state index in [1.165, 1.54) is 21.8 Å². The number of benzene rings is 1. The lowest BCUT2D eigenvalue weighted by atomic mass is 10.1. The number of amides is 3. The quantitative estimate of drug-likeness (QED) is 0.566. The molecule has 2 aromatic heterocycles. The van der Waals surface area contributed by atoms with Crippen LogP contribution in [0.1, 0.15) is 39.3 Å². The predicted octanol–water partition coefficient (Wildman–Crippen LogP) is 3.90. The Bertz CT molecular complexity index is 1170. The lowest BCUT2D eigenvalue weighted by Crippen LogP contribution is -2.31. The molecule has 0 unspecified atom stereocenters. The first-order valence-corrected chi connectivity index (χ1v) is 10.2. The zero-order valence-corrected chi connectivity index (χ0v) is 17.9. The van der Waals surface area contributed by atoms with Crippen LogP contribution in [0, 0.1) is 6.92 Å². The van der Waals surface area contributed by atoms with Crippen LogP contribution in [-0.4, -0.2) is 43.9 Å². The standard InChI is InChI=1S/C21H17Cl2N5O3/c1-12-9-17(28(26-12)19-16(23)10-13(22)11-24-19)25-18(29)7-4-8-27-20(30)14-5-2-3-6-15(14)21(27)31/h2-3,5-6,9-11H,4,7-8H2,1H3,(H,25,29). The van der Waals surface area contributed by atoms with Gasteiger partial charge in [0, 0.05) is 25.2 Å². The van der Waals surface area contributed by atoms with Crippen molar-refractivity contribution in [3.8, 4) is 5.82 Å². The van der Waals surface area contributed by atoms with Gasteiger partial charge in [0.2, 0.25) is 5.91 Å². The first-order chi connectivity index (χ1) is 14.8. The van der Waals surface area contributed by atoms with Crippen molar-refractivity contribution in [2.45, 2.75) is 19.8 Å². The molecule has 1 aliphatic heterocycles. The number of carbonyl (C=O) groups is 3. The summed E-state index contributed by atoms with van der Waals surface area (Å²) in [5.41, 5.74) is 1.45. The fourth-order valence-electron chi connectivity index (χ4n) is 3.36. The molecular weight excluding hydrogens is 441 g/mol. The van der Waals surface area contributed by atoms with E-state index in [0.717, 1.165) is 0 Å². The van der Waals surface area contributed by atoms with E-state index < -0.39 is 0 Å². The lowest BCUT2D eigenvalue weighted by molar-refractivity contribution is -0.116. The summed E-state index contributed by atoms with van der Waals surface area (Å²) in [6.07, 6.45) is 1.87. The number of carbonyl (C=O) groups excluding carboxylic acids is 3. The number of anilines is 1. The fraction of sp³-hybridized carbons (Fsp3) is 0.190. The normalized spacial score (nSPS) is 12.9. The summed E-state index contributed by atoms with van der Waals surface area (Å²) < 4.78 is 1.43. The summed E-state index contributed by atoms with van der Waals surface area (Å²) >= 11 is 12.1. The minimum absolute atomic E-state index is 0.111. The van der Waals surface area contributed by atoms with Crippen molar-refractivity contribution >= 4 is 46.7 Å². The summed E-state index contributed by atoms with van der Waals surface area (Å²) in [5.74, 6) is -0.223. The van der Waals surface area contributed by atoms with Crippen molar-refractivity contribution in [3.63, 3.8) is 0 Å². The molecule has 4 rings (SSSR count). The van der Waals surface area contributed by atoms with Crippen LogP contribution < -0.4 is 5.32 Å². The van der Waals surface area contributed by atoms with E-state index in [-0.39, 0.29) is 35.7 Å². The Hall–Kier alpha value is -3.23. The minimum Gasteiger partial charge on any atom is -0.311 e. The largest absolute Gasteiger partial charge is 0.311 e. The van der Waals surface area contributed by atoms with E-state index in [9.17, 15) is 14.4 Å². The number of aromatic nitrogens is 3. The molecule has 158 valence electrons.